The molecule has 0 rings (SSSR count). The Morgan fingerprint density at radius 2 is 2.22 bits per heavy atom. The van der Waals surface area contributed by atoms with Gasteiger partial charge in [-0.1, -0.05) is 13.8 Å². The highest BCUT2D eigenvalue weighted by Crippen LogP contribution is 2.07. The second-order valence-electron chi connectivity index (χ2n) is 2.03. The van der Waals surface area contributed by atoms with Crippen molar-refractivity contribution in [2.75, 3.05) is 19.1 Å². The molecule has 0 unspecified atom stereocenters. The number of hydrogen-bond donors (Lipinski definition) is 1. The monoisotopic (exact) mass is 149 g/mol. The fourth-order valence-corrected chi connectivity index (χ4v) is 0.813. The van der Waals surface area contributed by atoms with Gasteiger partial charge in [0, 0.05) is 11.8 Å². The third kappa shape index (κ3) is 8.27. The summed E-state index contributed by atoms with van der Waals surface area (Å²) in [6.45, 7) is 5.60. The topological polar surface area (TPSA) is 35.2 Å². The molecule has 0 aromatic carbocycles. The number of rotatable bonds is 5. The summed E-state index contributed by atoms with van der Waals surface area (Å²) in [6, 6.07) is 0. The first-order valence-electron chi connectivity index (χ1n) is 3.16. The number of hydrogen-bond acceptors (Lipinski definition) is 3. The third-order valence-electron chi connectivity index (χ3n) is 0.747. The SMILES string of the molecule is CC(C)SCOCCN. The third-order valence-corrected chi connectivity index (χ3v) is 1.72. The van der Waals surface area contributed by atoms with Crippen molar-refractivity contribution in [3.05, 3.63) is 0 Å². The molecule has 9 heavy (non-hydrogen) atoms. The lowest BCUT2D eigenvalue weighted by Gasteiger charge is -2.03. The molecule has 56 valence electrons. The Hall–Kier alpha value is 0.270. The van der Waals surface area contributed by atoms with Crippen LogP contribution in [-0.2, 0) is 4.74 Å². The normalized spacial score (nSPS) is 10.7. The predicted octanol–water partition coefficient (Wildman–Crippen LogP) is 1.06. The summed E-state index contributed by atoms with van der Waals surface area (Å²) in [6.07, 6.45) is 0. The summed E-state index contributed by atoms with van der Waals surface area (Å²) in [5.41, 5.74) is 5.21. The second-order valence-corrected chi connectivity index (χ2v) is 3.54. The van der Waals surface area contributed by atoms with E-state index in [-0.39, 0.29) is 0 Å². The molecule has 0 saturated carbocycles. The Kier molecular flexibility index (Phi) is 6.58. The van der Waals surface area contributed by atoms with Gasteiger partial charge in [-0.15, -0.1) is 11.8 Å². The van der Waals surface area contributed by atoms with E-state index in [4.69, 9.17) is 10.5 Å². The summed E-state index contributed by atoms with van der Waals surface area (Å²) in [5, 5.41) is 0.655. The molecule has 2 nitrogen and oxygen atoms in total. The molecule has 0 aromatic heterocycles. The molecule has 0 fully saturated rings. The summed E-state index contributed by atoms with van der Waals surface area (Å²) < 4.78 is 5.13. The molecule has 3 heteroatoms. The largest absolute Gasteiger partial charge is 0.370 e. The van der Waals surface area contributed by atoms with Crippen LogP contribution in [0.25, 0.3) is 0 Å². The van der Waals surface area contributed by atoms with Crippen LogP contribution < -0.4 is 5.73 Å². The van der Waals surface area contributed by atoms with Crippen LogP contribution in [0.5, 0.6) is 0 Å². The first-order valence-corrected chi connectivity index (χ1v) is 4.21. The molecule has 0 aromatic rings. The van der Waals surface area contributed by atoms with Crippen LogP contribution in [0.15, 0.2) is 0 Å². The van der Waals surface area contributed by atoms with Crippen LogP contribution in [-0.4, -0.2) is 24.3 Å². The van der Waals surface area contributed by atoms with Crippen molar-refractivity contribution < 1.29 is 4.74 Å². The quantitative estimate of drug-likeness (QED) is 0.469. The van der Waals surface area contributed by atoms with Crippen molar-refractivity contribution in [3.8, 4) is 0 Å². The zero-order valence-electron chi connectivity index (χ0n) is 6.09. The molecule has 2 N–H and O–H groups in total. The molecular weight excluding hydrogens is 134 g/mol. The molecule has 0 radical (unpaired) electrons. The molecule has 0 amide bonds. The smallest absolute Gasteiger partial charge is 0.0924 e. The molecule has 0 aliphatic heterocycles. The molecular formula is C6H15NOS. The van der Waals surface area contributed by atoms with Crippen LogP contribution in [0.4, 0.5) is 0 Å². The molecule has 0 aliphatic carbocycles. The lowest BCUT2D eigenvalue weighted by Crippen LogP contribution is -2.08. The molecule has 0 spiro atoms. The van der Waals surface area contributed by atoms with E-state index < -0.39 is 0 Å². The average molecular weight is 149 g/mol. The van der Waals surface area contributed by atoms with Crippen molar-refractivity contribution >= 4 is 11.8 Å². The van der Waals surface area contributed by atoms with Crippen LogP contribution in [0.2, 0.25) is 0 Å². The van der Waals surface area contributed by atoms with E-state index >= 15 is 0 Å². The van der Waals surface area contributed by atoms with E-state index in [2.05, 4.69) is 13.8 Å². The average Bonchev–Trinajstić information content (AvgIpc) is 1.80. The minimum Gasteiger partial charge on any atom is -0.370 e. The summed E-state index contributed by atoms with van der Waals surface area (Å²) in [7, 11) is 0. The standard InChI is InChI=1S/C6H15NOS/c1-6(2)9-5-8-4-3-7/h6H,3-5,7H2,1-2H3. The van der Waals surface area contributed by atoms with Crippen LogP contribution in [0, 0.1) is 0 Å². The van der Waals surface area contributed by atoms with Gasteiger partial charge in [0.1, 0.15) is 0 Å². The summed E-state index contributed by atoms with van der Waals surface area (Å²) in [4.78, 5) is 0. The Balaban J connectivity index is 2.75. The molecule has 0 bridgehead atoms. The van der Waals surface area contributed by atoms with Crippen LogP contribution in [0.1, 0.15) is 13.8 Å². The summed E-state index contributed by atoms with van der Waals surface area (Å²) in [5.74, 6) is 0.773. The van der Waals surface area contributed by atoms with E-state index in [1.54, 1.807) is 11.8 Å². The highest BCUT2D eigenvalue weighted by Gasteiger charge is 1.91. The Labute approximate surface area is 61.1 Å². The Bertz CT molecular complexity index is 59.0. The first kappa shape index (κ1) is 9.27. The maximum atomic E-state index is 5.21. The van der Waals surface area contributed by atoms with Crippen molar-refractivity contribution in [2.24, 2.45) is 5.73 Å². The van der Waals surface area contributed by atoms with Gasteiger partial charge in [-0.25, -0.2) is 0 Å². The maximum absolute atomic E-state index is 5.21. The van der Waals surface area contributed by atoms with Crippen molar-refractivity contribution in [1.82, 2.24) is 0 Å². The van der Waals surface area contributed by atoms with Gasteiger partial charge in [-0.2, -0.15) is 0 Å². The van der Waals surface area contributed by atoms with E-state index in [0.29, 0.717) is 18.4 Å². The highest BCUT2D eigenvalue weighted by molar-refractivity contribution is 7.99. The van der Waals surface area contributed by atoms with E-state index in [0.717, 1.165) is 5.94 Å². The maximum Gasteiger partial charge on any atom is 0.0924 e. The van der Waals surface area contributed by atoms with Gasteiger partial charge in [0.15, 0.2) is 0 Å². The van der Waals surface area contributed by atoms with Crippen LogP contribution in [0.3, 0.4) is 0 Å². The lowest BCUT2D eigenvalue weighted by molar-refractivity contribution is 0.191. The fraction of sp³-hybridized carbons (Fsp3) is 1.00. The van der Waals surface area contributed by atoms with Crippen LogP contribution >= 0.6 is 11.8 Å². The van der Waals surface area contributed by atoms with Gasteiger partial charge in [0.2, 0.25) is 0 Å². The van der Waals surface area contributed by atoms with Gasteiger partial charge in [-0.3, -0.25) is 0 Å². The Morgan fingerprint density at radius 3 is 2.67 bits per heavy atom. The predicted molar refractivity (Wildman–Crippen MR) is 42.6 cm³/mol. The van der Waals surface area contributed by atoms with Gasteiger partial charge in [0.25, 0.3) is 0 Å². The van der Waals surface area contributed by atoms with Crippen molar-refractivity contribution in [3.63, 3.8) is 0 Å². The minimum atomic E-state index is 0.624. The molecule has 0 heterocycles. The molecule has 0 atom stereocenters. The number of thioether (sulfide) groups is 1. The van der Waals surface area contributed by atoms with Gasteiger partial charge >= 0.3 is 0 Å². The highest BCUT2D eigenvalue weighted by atomic mass is 32.2. The van der Waals surface area contributed by atoms with Gasteiger partial charge in [-0.05, 0) is 0 Å². The van der Waals surface area contributed by atoms with Gasteiger partial charge in [0.05, 0.1) is 12.5 Å². The first-order chi connectivity index (χ1) is 4.27. The molecule has 0 aliphatic rings. The zero-order valence-corrected chi connectivity index (χ0v) is 6.91. The summed E-state index contributed by atoms with van der Waals surface area (Å²) >= 11 is 1.79. The zero-order chi connectivity index (χ0) is 7.11. The van der Waals surface area contributed by atoms with Crippen molar-refractivity contribution in [1.29, 1.82) is 0 Å². The van der Waals surface area contributed by atoms with E-state index in [1.165, 1.54) is 0 Å². The van der Waals surface area contributed by atoms with Gasteiger partial charge < -0.3 is 10.5 Å². The number of nitrogens with two attached hydrogens (primary N) is 1. The van der Waals surface area contributed by atoms with Crippen molar-refractivity contribution in [2.45, 2.75) is 19.1 Å². The van der Waals surface area contributed by atoms with E-state index in [9.17, 15) is 0 Å². The lowest BCUT2D eigenvalue weighted by atomic mass is 10.6. The minimum absolute atomic E-state index is 0.624. The van der Waals surface area contributed by atoms with E-state index in [1.807, 2.05) is 0 Å². The fourth-order valence-electron chi connectivity index (χ4n) is 0.326. The second kappa shape index (κ2) is 6.39. The number of ether oxygens (including phenoxy) is 1. The Morgan fingerprint density at radius 1 is 1.56 bits per heavy atom. The molecule has 0 saturated heterocycles.